The molecule has 0 spiro atoms. The van der Waals surface area contributed by atoms with Gasteiger partial charge in [-0.25, -0.2) is 0 Å². The second-order valence-electron chi connectivity index (χ2n) is 4.93. The van der Waals surface area contributed by atoms with E-state index in [0.717, 1.165) is 0 Å². The molecule has 0 aliphatic heterocycles. The summed E-state index contributed by atoms with van der Waals surface area (Å²) in [5.74, 6) is 0. The fraction of sp³-hybridized carbons (Fsp3) is 0.158. The number of hydrogen-bond acceptors (Lipinski definition) is 0. The van der Waals surface area contributed by atoms with Gasteiger partial charge in [0.1, 0.15) is 0 Å². The SMILES string of the molecule is C/C(=C\C=C(/C)c1cccc(C)c1)c1ccccc1. The predicted molar refractivity (Wildman–Crippen MR) is 84.9 cm³/mol. The maximum absolute atomic E-state index is 2.22. The van der Waals surface area contributed by atoms with Crippen LogP contribution in [0.3, 0.4) is 0 Å². The molecule has 0 atom stereocenters. The molecule has 0 N–H and O–H groups in total. The van der Waals surface area contributed by atoms with Crippen molar-refractivity contribution in [2.75, 3.05) is 0 Å². The van der Waals surface area contributed by atoms with Crippen molar-refractivity contribution >= 4 is 11.1 Å². The summed E-state index contributed by atoms with van der Waals surface area (Å²) in [6.07, 6.45) is 4.38. The van der Waals surface area contributed by atoms with Gasteiger partial charge in [0.25, 0.3) is 0 Å². The number of hydrogen-bond donors (Lipinski definition) is 0. The van der Waals surface area contributed by atoms with Crippen LogP contribution in [0.25, 0.3) is 11.1 Å². The second kappa shape index (κ2) is 6.19. The van der Waals surface area contributed by atoms with Crippen LogP contribution >= 0.6 is 0 Å². The smallest absolute Gasteiger partial charge is 0.0225 e. The highest BCUT2D eigenvalue weighted by molar-refractivity contribution is 5.71. The third-order valence-electron chi connectivity index (χ3n) is 3.29. The summed E-state index contributed by atoms with van der Waals surface area (Å²) in [6, 6.07) is 19.1. The summed E-state index contributed by atoms with van der Waals surface area (Å²) >= 11 is 0. The average molecular weight is 248 g/mol. The molecule has 0 radical (unpaired) electrons. The third-order valence-corrected chi connectivity index (χ3v) is 3.29. The van der Waals surface area contributed by atoms with E-state index in [1.54, 1.807) is 0 Å². The lowest BCUT2D eigenvalue weighted by Gasteiger charge is -2.03. The molecular weight excluding hydrogens is 228 g/mol. The van der Waals surface area contributed by atoms with Crippen molar-refractivity contribution < 1.29 is 0 Å². The van der Waals surface area contributed by atoms with Gasteiger partial charge in [0.2, 0.25) is 0 Å². The number of aryl methyl sites for hydroxylation is 1. The highest BCUT2D eigenvalue weighted by Crippen LogP contribution is 2.18. The summed E-state index contributed by atoms with van der Waals surface area (Å²) in [5, 5.41) is 0. The second-order valence-corrected chi connectivity index (χ2v) is 4.93. The lowest BCUT2D eigenvalue weighted by molar-refractivity contribution is 1.44. The Kier molecular flexibility index (Phi) is 4.35. The van der Waals surface area contributed by atoms with Crippen LogP contribution in [-0.4, -0.2) is 0 Å². The van der Waals surface area contributed by atoms with E-state index in [1.165, 1.54) is 27.8 Å². The van der Waals surface area contributed by atoms with Crippen molar-refractivity contribution in [1.82, 2.24) is 0 Å². The van der Waals surface area contributed by atoms with Crippen LogP contribution in [0.4, 0.5) is 0 Å². The van der Waals surface area contributed by atoms with Gasteiger partial charge in [-0.2, -0.15) is 0 Å². The first-order chi connectivity index (χ1) is 9.16. The monoisotopic (exact) mass is 248 g/mol. The third kappa shape index (κ3) is 3.69. The minimum atomic E-state index is 1.27. The zero-order chi connectivity index (χ0) is 13.7. The van der Waals surface area contributed by atoms with Gasteiger partial charge in [0.15, 0.2) is 0 Å². The number of benzene rings is 2. The summed E-state index contributed by atoms with van der Waals surface area (Å²) in [7, 11) is 0. The molecule has 96 valence electrons. The van der Waals surface area contributed by atoms with Gasteiger partial charge in [-0.15, -0.1) is 0 Å². The minimum absolute atomic E-state index is 1.27. The lowest BCUT2D eigenvalue weighted by atomic mass is 10.0. The molecule has 2 aromatic carbocycles. The quantitative estimate of drug-likeness (QED) is 0.629. The minimum Gasteiger partial charge on any atom is -0.0622 e. The van der Waals surface area contributed by atoms with Crippen LogP contribution < -0.4 is 0 Å². The Morgan fingerprint density at radius 2 is 1.32 bits per heavy atom. The van der Waals surface area contributed by atoms with Gasteiger partial charge >= 0.3 is 0 Å². The molecule has 19 heavy (non-hydrogen) atoms. The van der Waals surface area contributed by atoms with E-state index < -0.39 is 0 Å². The van der Waals surface area contributed by atoms with Gasteiger partial charge in [0.05, 0.1) is 0 Å². The van der Waals surface area contributed by atoms with E-state index in [2.05, 4.69) is 81.5 Å². The first kappa shape index (κ1) is 13.4. The first-order valence-corrected chi connectivity index (χ1v) is 6.64. The molecule has 2 rings (SSSR count). The fourth-order valence-electron chi connectivity index (χ4n) is 2.03. The zero-order valence-corrected chi connectivity index (χ0v) is 11.9. The molecule has 0 aromatic heterocycles. The Hall–Kier alpha value is -2.08. The topological polar surface area (TPSA) is 0 Å². The molecule has 0 saturated heterocycles. The van der Waals surface area contributed by atoms with Crippen LogP contribution in [0, 0.1) is 6.92 Å². The Balaban J connectivity index is 2.22. The van der Waals surface area contributed by atoms with E-state index in [0.29, 0.717) is 0 Å². The maximum atomic E-state index is 2.22. The van der Waals surface area contributed by atoms with Gasteiger partial charge in [-0.3, -0.25) is 0 Å². The van der Waals surface area contributed by atoms with E-state index >= 15 is 0 Å². The summed E-state index contributed by atoms with van der Waals surface area (Å²) in [5.41, 5.74) is 6.44. The molecule has 0 heteroatoms. The van der Waals surface area contributed by atoms with E-state index in [9.17, 15) is 0 Å². The summed E-state index contributed by atoms with van der Waals surface area (Å²) in [4.78, 5) is 0. The molecule has 0 bridgehead atoms. The Labute approximate surface area is 116 Å². The molecule has 0 amide bonds. The molecule has 0 fully saturated rings. The van der Waals surface area contributed by atoms with Crippen molar-refractivity contribution in [2.24, 2.45) is 0 Å². The first-order valence-electron chi connectivity index (χ1n) is 6.64. The van der Waals surface area contributed by atoms with Gasteiger partial charge < -0.3 is 0 Å². The van der Waals surface area contributed by atoms with Crippen molar-refractivity contribution in [3.05, 3.63) is 83.4 Å². The van der Waals surface area contributed by atoms with Crippen LogP contribution in [0.1, 0.15) is 30.5 Å². The lowest BCUT2D eigenvalue weighted by Crippen LogP contribution is -1.81. The largest absolute Gasteiger partial charge is 0.0622 e. The van der Waals surface area contributed by atoms with Crippen molar-refractivity contribution in [1.29, 1.82) is 0 Å². The molecule has 0 aliphatic rings. The van der Waals surface area contributed by atoms with E-state index in [1.807, 2.05) is 6.07 Å². The molecular formula is C19H20. The van der Waals surface area contributed by atoms with Crippen LogP contribution in [-0.2, 0) is 0 Å². The number of rotatable bonds is 3. The van der Waals surface area contributed by atoms with Gasteiger partial charge in [0, 0.05) is 0 Å². The normalized spacial score (nSPS) is 12.6. The standard InChI is InChI=1S/C19H20/c1-15-8-7-11-19(14-15)17(3)13-12-16(2)18-9-5-4-6-10-18/h4-14H,1-3H3/b16-12+,17-13+. The van der Waals surface area contributed by atoms with Gasteiger partial charge in [-0.05, 0) is 43.0 Å². The summed E-state index contributed by atoms with van der Waals surface area (Å²) < 4.78 is 0. The predicted octanol–water partition coefficient (Wildman–Crippen LogP) is 5.50. The van der Waals surface area contributed by atoms with Crippen LogP contribution in [0.15, 0.2) is 66.7 Å². The molecule has 0 heterocycles. The highest BCUT2D eigenvalue weighted by Gasteiger charge is 1.96. The van der Waals surface area contributed by atoms with Gasteiger partial charge in [-0.1, -0.05) is 72.3 Å². The fourth-order valence-corrected chi connectivity index (χ4v) is 2.03. The molecule has 0 unspecified atom stereocenters. The van der Waals surface area contributed by atoms with E-state index in [-0.39, 0.29) is 0 Å². The van der Waals surface area contributed by atoms with Crippen molar-refractivity contribution in [3.8, 4) is 0 Å². The van der Waals surface area contributed by atoms with Crippen molar-refractivity contribution in [3.63, 3.8) is 0 Å². The van der Waals surface area contributed by atoms with Crippen molar-refractivity contribution in [2.45, 2.75) is 20.8 Å². The Morgan fingerprint density at radius 1 is 0.737 bits per heavy atom. The van der Waals surface area contributed by atoms with E-state index in [4.69, 9.17) is 0 Å². The highest BCUT2D eigenvalue weighted by atomic mass is 14.0. The molecule has 0 saturated carbocycles. The average Bonchev–Trinajstić information content (AvgIpc) is 2.45. The Morgan fingerprint density at radius 3 is 1.95 bits per heavy atom. The maximum Gasteiger partial charge on any atom is -0.0225 e. The molecule has 0 nitrogen and oxygen atoms in total. The van der Waals surface area contributed by atoms with Crippen LogP contribution in [0.2, 0.25) is 0 Å². The molecule has 0 aliphatic carbocycles. The Bertz CT molecular complexity index is 601. The summed E-state index contributed by atoms with van der Waals surface area (Å²) in [6.45, 7) is 6.43. The zero-order valence-electron chi connectivity index (χ0n) is 11.9. The molecule has 2 aromatic rings. The van der Waals surface area contributed by atoms with Crippen LogP contribution in [0.5, 0.6) is 0 Å². The number of allylic oxidation sites excluding steroid dienone is 4.